The molecule has 0 saturated carbocycles. The van der Waals surface area contributed by atoms with Crippen LogP contribution in [0.2, 0.25) is 0 Å². The van der Waals surface area contributed by atoms with Crippen LogP contribution in [0.1, 0.15) is 60.3 Å². The summed E-state index contributed by atoms with van der Waals surface area (Å²) in [5.74, 6) is 0.941. The minimum atomic E-state index is -3.80. The first-order chi connectivity index (χ1) is 13.3. The SMILES string of the molecule is CC(C)(C)OC(=O)N1CC(CCCCNc2cccc(S(N)(=O)=O)n2)CC1(C)C. The summed E-state index contributed by atoms with van der Waals surface area (Å²) < 4.78 is 28.3. The van der Waals surface area contributed by atoms with Gasteiger partial charge in [-0.2, -0.15) is 0 Å². The van der Waals surface area contributed by atoms with Crippen LogP contribution in [0.3, 0.4) is 0 Å². The van der Waals surface area contributed by atoms with Gasteiger partial charge in [-0.15, -0.1) is 0 Å². The molecule has 0 aromatic carbocycles. The van der Waals surface area contributed by atoms with Gasteiger partial charge in [0.25, 0.3) is 10.0 Å². The van der Waals surface area contributed by atoms with Crippen molar-refractivity contribution in [2.75, 3.05) is 18.4 Å². The van der Waals surface area contributed by atoms with Crippen molar-refractivity contribution >= 4 is 21.9 Å². The van der Waals surface area contributed by atoms with E-state index in [0.717, 1.165) is 25.7 Å². The Labute approximate surface area is 174 Å². The van der Waals surface area contributed by atoms with Gasteiger partial charge in [0.2, 0.25) is 0 Å². The van der Waals surface area contributed by atoms with E-state index in [4.69, 9.17) is 9.88 Å². The number of nitrogens with one attached hydrogen (secondary N) is 1. The monoisotopic (exact) mass is 426 g/mol. The van der Waals surface area contributed by atoms with E-state index in [2.05, 4.69) is 24.1 Å². The Bertz CT molecular complexity index is 818. The molecule has 29 heavy (non-hydrogen) atoms. The topological polar surface area (TPSA) is 115 Å². The van der Waals surface area contributed by atoms with Crippen molar-refractivity contribution in [1.82, 2.24) is 9.88 Å². The summed E-state index contributed by atoms with van der Waals surface area (Å²) in [6.45, 7) is 11.2. The number of aromatic nitrogens is 1. The Morgan fingerprint density at radius 1 is 1.34 bits per heavy atom. The zero-order valence-corrected chi connectivity index (χ0v) is 18.9. The number of nitrogens with zero attached hydrogens (tertiary/aromatic N) is 2. The molecule has 0 bridgehead atoms. The summed E-state index contributed by atoms with van der Waals surface area (Å²) >= 11 is 0. The average molecular weight is 427 g/mol. The van der Waals surface area contributed by atoms with E-state index in [1.165, 1.54) is 6.07 Å². The van der Waals surface area contributed by atoms with Gasteiger partial charge >= 0.3 is 6.09 Å². The van der Waals surface area contributed by atoms with Crippen LogP contribution in [-0.2, 0) is 14.8 Å². The molecule has 1 aliphatic heterocycles. The van der Waals surface area contributed by atoms with Crippen molar-refractivity contribution in [2.24, 2.45) is 11.1 Å². The van der Waals surface area contributed by atoms with Gasteiger partial charge in [-0.05, 0) is 71.9 Å². The highest BCUT2D eigenvalue weighted by Gasteiger charge is 2.42. The first-order valence-corrected chi connectivity index (χ1v) is 11.6. The van der Waals surface area contributed by atoms with Crippen LogP contribution in [-0.4, -0.2) is 48.6 Å². The number of rotatable bonds is 7. The average Bonchev–Trinajstić information content (AvgIpc) is 2.87. The number of carbonyl (C=O) groups is 1. The molecule has 9 heteroatoms. The van der Waals surface area contributed by atoms with Gasteiger partial charge in [-0.3, -0.25) is 0 Å². The Balaban J connectivity index is 1.77. The molecule has 3 N–H and O–H groups in total. The summed E-state index contributed by atoms with van der Waals surface area (Å²) in [5.41, 5.74) is -0.700. The lowest BCUT2D eigenvalue weighted by atomic mass is 9.93. The number of sulfonamides is 1. The fourth-order valence-electron chi connectivity index (χ4n) is 3.66. The van der Waals surface area contributed by atoms with Crippen LogP contribution >= 0.6 is 0 Å². The van der Waals surface area contributed by atoms with E-state index < -0.39 is 15.6 Å². The number of unbranched alkanes of at least 4 members (excludes halogenated alkanes) is 1. The molecule has 1 fully saturated rings. The Hall–Kier alpha value is -1.87. The van der Waals surface area contributed by atoms with Gasteiger partial charge < -0.3 is 15.0 Å². The van der Waals surface area contributed by atoms with Crippen LogP contribution < -0.4 is 10.5 Å². The molecule has 2 heterocycles. The van der Waals surface area contributed by atoms with Crippen LogP contribution in [0.15, 0.2) is 23.2 Å². The molecule has 0 radical (unpaired) electrons. The standard InChI is InChI=1S/C20H34N4O4S/c1-19(2,3)28-18(25)24-14-15(13-20(24,4)5)9-6-7-12-22-16-10-8-11-17(23-16)29(21,26)27/h8,10-11,15H,6-7,9,12-14H2,1-5H3,(H,22,23)(H2,21,26,27). The van der Waals surface area contributed by atoms with Gasteiger partial charge in [0.1, 0.15) is 11.4 Å². The second kappa shape index (κ2) is 8.87. The number of hydrogen-bond donors (Lipinski definition) is 2. The molecule has 1 aromatic rings. The highest BCUT2D eigenvalue weighted by atomic mass is 32.2. The second-order valence-electron chi connectivity index (χ2n) is 9.30. The number of primary sulfonamides is 1. The van der Waals surface area contributed by atoms with Crippen molar-refractivity contribution in [3.8, 4) is 0 Å². The second-order valence-corrected chi connectivity index (χ2v) is 10.8. The number of carbonyl (C=O) groups excluding carboxylic acids is 1. The maximum absolute atomic E-state index is 12.5. The number of ether oxygens (including phenoxy) is 1. The number of nitrogens with two attached hydrogens (primary N) is 1. The lowest BCUT2D eigenvalue weighted by Crippen LogP contribution is -2.45. The Kier molecular flexibility index (Phi) is 7.16. The largest absolute Gasteiger partial charge is 0.444 e. The summed E-state index contributed by atoms with van der Waals surface area (Å²) in [4.78, 5) is 18.4. The third-order valence-electron chi connectivity index (χ3n) is 4.93. The van der Waals surface area contributed by atoms with Crippen molar-refractivity contribution in [2.45, 2.75) is 76.5 Å². The molecule has 2 rings (SSSR count). The third-order valence-corrected chi connectivity index (χ3v) is 5.74. The minimum Gasteiger partial charge on any atom is -0.444 e. The molecule has 1 aliphatic rings. The summed E-state index contributed by atoms with van der Waals surface area (Å²) in [6.07, 6.45) is 3.66. The molecule has 0 aliphatic carbocycles. The molecule has 1 atom stereocenters. The normalized spacial score (nSPS) is 19.2. The molecule has 8 nitrogen and oxygen atoms in total. The first kappa shape index (κ1) is 23.4. The number of likely N-dealkylation sites (tertiary alicyclic amines) is 1. The molecule has 1 aromatic heterocycles. The zero-order chi connectivity index (χ0) is 21.9. The van der Waals surface area contributed by atoms with E-state index in [9.17, 15) is 13.2 Å². The van der Waals surface area contributed by atoms with Crippen LogP contribution in [0.4, 0.5) is 10.6 Å². The van der Waals surface area contributed by atoms with Crippen molar-refractivity contribution in [3.63, 3.8) is 0 Å². The fraction of sp³-hybridized carbons (Fsp3) is 0.700. The molecule has 1 unspecified atom stereocenters. The summed E-state index contributed by atoms with van der Waals surface area (Å²) in [6, 6.07) is 4.70. The van der Waals surface area contributed by atoms with Crippen molar-refractivity contribution < 1.29 is 17.9 Å². The molecule has 1 saturated heterocycles. The highest BCUT2D eigenvalue weighted by Crippen LogP contribution is 2.36. The maximum Gasteiger partial charge on any atom is 0.410 e. The fourth-order valence-corrected chi connectivity index (χ4v) is 4.16. The lowest BCUT2D eigenvalue weighted by Gasteiger charge is -2.33. The number of amides is 1. The van der Waals surface area contributed by atoms with E-state index in [-0.39, 0.29) is 16.7 Å². The minimum absolute atomic E-state index is 0.141. The van der Waals surface area contributed by atoms with Gasteiger partial charge in [0, 0.05) is 18.6 Å². The predicted octanol–water partition coefficient (Wildman–Crippen LogP) is 3.35. The predicted molar refractivity (Wildman–Crippen MR) is 113 cm³/mol. The van der Waals surface area contributed by atoms with Gasteiger partial charge in [-0.25, -0.2) is 23.3 Å². The molecular formula is C20H34N4O4S. The number of hydrogen-bond acceptors (Lipinski definition) is 6. The number of anilines is 1. The van der Waals surface area contributed by atoms with Crippen LogP contribution in [0, 0.1) is 5.92 Å². The number of pyridine rings is 1. The lowest BCUT2D eigenvalue weighted by molar-refractivity contribution is 0.0131. The van der Waals surface area contributed by atoms with Crippen molar-refractivity contribution in [1.29, 1.82) is 0 Å². The quantitative estimate of drug-likeness (QED) is 0.646. The van der Waals surface area contributed by atoms with E-state index in [1.807, 2.05) is 25.7 Å². The summed E-state index contributed by atoms with van der Waals surface area (Å²) in [7, 11) is -3.80. The smallest absolute Gasteiger partial charge is 0.410 e. The van der Waals surface area contributed by atoms with Crippen LogP contribution in [0.25, 0.3) is 0 Å². The maximum atomic E-state index is 12.5. The Morgan fingerprint density at radius 2 is 2.03 bits per heavy atom. The van der Waals surface area contributed by atoms with Gasteiger partial charge in [-0.1, -0.05) is 12.5 Å². The summed E-state index contributed by atoms with van der Waals surface area (Å²) in [5, 5.41) is 8.10. The van der Waals surface area contributed by atoms with Gasteiger partial charge in [0.05, 0.1) is 0 Å². The zero-order valence-electron chi connectivity index (χ0n) is 18.1. The molecule has 1 amide bonds. The molecule has 0 spiro atoms. The van der Waals surface area contributed by atoms with E-state index in [1.54, 1.807) is 12.1 Å². The van der Waals surface area contributed by atoms with Crippen molar-refractivity contribution in [3.05, 3.63) is 18.2 Å². The van der Waals surface area contributed by atoms with E-state index >= 15 is 0 Å². The Morgan fingerprint density at radius 3 is 2.66 bits per heavy atom. The van der Waals surface area contributed by atoms with Gasteiger partial charge in [0.15, 0.2) is 5.03 Å². The van der Waals surface area contributed by atoms with E-state index in [0.29, 0.717) is 24.8 Å². The first-order valence-electron chi connectivity index (χ1n) is 10.0. The highest BCUT2D eigenvalue weighted by molar-refractivity contribution is 7.89. The van der Waals surface area contributed by atoms with Crippen LogP contribution in [0.5, 0.6) is 0 Å². The molecule has 164 valence electrons. The third kappa shape index (κ3) is 7.15. The molecular weight excluding hydrogens is 392 g/mol.